The molecule has 0 spiro atoms. The van der Waals surface area contributed by atoms with Gasteiger partial charge in [-0.2, -0.15) is 0 Å². The third kappa shape index (κ3) is 4.35. The molecule has 0 aromatic heterocycles. The molecule has 0 aliphatic rings. The molecule has 0 fully saturated rings. The van der Waals surface area contributed by atoms with Gasteiger partial charge in [-0.1, -0.05) is 32.8 Å². The van der Waals surface area contributed by atoms with Crippen molar-refractivity contribution in [2.75, 3.05) is 13.2 Å². The Balaban J connectivity index is 4.63. The van der Waals surface area contributed by atoms with Crippen molar-refractivity contribution in [1.82, 2.24) is 5.32 Å². The predicted octanol–water partition coefficient (Wildman–Crippen LogP) is 2.66. The second kappa shape index (κ2) is 8.34. The molecule has 0 aromatic carbocycles. The Bertz CT molecular complexity index is 216. The standard InChI is InChI=1S/C13H25NO2/c1-5-9-10-13(7-3,14-11-6-2)12(15)16-8-4/h6,14H,2,5,7-11H2,1,3-4H3. The van der Waals surface area contributed by atoms with Crippen molar-refractivity contribution in [3.8, 4) is 0 Å². The molecule has 0 heterocycles. The molecule has 0 rings (SSSR count). The minimum Gasteiger partial charge on any atom is -0.465 e. The largest absolute Gasteiger partial charge is 0.465 e. The van der Waals surface area contributed by atoms with Crippen molar-refractivity contribution in [2.45, 2.75) is 52.0 Å². The summed E-state index contributed by atoms with van der Waals surface area (Å²) < 4.78 is 5.16. The van der Waals surface area contributed by atoms with Crippen LogP contribution in [0, 0.1) is 0 Å². The first kappa shape index (κ1) is 15.2. The lowest BCUT2D eigenvalue weighted by molar-refractivity contribution is -0.151. The summed E-state index contributed by atoms with van der Waals surface area (Å²) in [6.07, 6.45) is 5.45. The van der Waals surface area contributed by atoms with Gasteiger partial charge >= 0.3 is 5.97 Å². The molecule has 0 saturated heterocycles. The summed E-state index contributed by atoms with van der Waals surface area (Å²) in [6, 6.07) is 0. The fourth-order valence-corrected chi connectivity index (χ4v) is 1.72. The van der Waals surface area contributed by atoms with Gasteiger partial charge in [-0.15, -0.1) is 6.58 Å². The van der Waals surface area contributed by atoms with Crippen molar-refractivity contribution in [3.05, 3.63) is 12.7 Å². The fraction of sp³-hybridized carbons (Fsp3) is 0.769. The predicted molar refractivity (Wildman–Crippen MR) is 67.4 cm³/mol. The van der Waals surface area contributed by atoms with Crippen LogP contribution >= 0.6 is 0 Å². The minimum absolute atomic E-state index is 0.132. The number of carbonyl (C=O) groups is 1. The van der Waals surface area contributed by atoms with Gasteiger partial charge in [-0.3, -0.25) is 10.1 Å². The molecule has 3 heteroatoms. The van der Waals surface area contributed by atoms with E-state index in [1.54, 1.807) is 6.08 Å². The van der Waals surface area contributed by atoms with Crippen LogP contribution in [-0.2, 0) is 9.53 Å². The highest BCUT2D eigenvalue weighted by atomic mass is 16.5. The summed E-state index contributed by atoms with van der Waals surface area (Å²) in [4.78, 5) is 12.0. The van der Waals surface area contributed by atoms with E-state index in [2.05, 4.69) is 18.8 Å². The number of carbonyl (C=O) groups excluding carboxylic acids is 1. The van der Waals surface area contributed by atoms with Crippen LogP contribution in [0.2, 0.25) is 0 Å². The molecule has 16 heavy (non-hydrogen) atoms. The molecule has 3 nitrogen and oxygen atoms in total. The van der Waals surface area contributed by atoms with Crippen LogP contribution in [0.25, 0.3) is 0 Å². The fourth-order valence-electron chi connectivity index (χ4n) is 1.72. The summed E-state index contributed by atoms with van der Waals surface area (Å²) in [5, 5.41) is 3.26. The van der Waals surface area contributed by atoms with E-state index in [1.165, 1.54) is 0 Å². The Hall–Kier alpha value is -0.830. The molecule has 0 bridgehead atoms. The Morgan fingerprint density at radius 2 is 2.12 bits per heavy atom. The van der Waals surface area contributed by atoms with E-state index in [0.717, 1.165) is 25.7 Å². The lowest BCUT2D eigenvalue weighted by atomic mass is 9.89. The number of rotatable bonds is 9. The van der Waals surface area contributed by atoms with Gasteiger partial charge in [0.05, 0.1) is 6.61 Å². The van der Waals surface area contributed by atoms with E-state index in [-0.39, 0.29) is 5.97 Å². The first-order valence-electron chi connectivity index (χ1n) is 6.20. The number of ether oxygens (including phenoxy) is 1. The molecule has 0 radical (unpaired) electrons. The summed E-state index contributed by atoms with van der Waals surface area (Å²) in [5.74, 6) is -0.132. The normalized spacial score (nSPS) is 14.2. The van der Waals surface area contributed by atoms with Gasteiger partial charge in [0.15, 0.2) is 0 Å². The highest BCUT2D eigenvalue weighted by molar-refractivity contribution is 5.80. The van der Waals surface area contributed by atoms with Crippen molar-refractivity contribution >= 4 is 5.97 Å². The molecule has 1 N–H and O–H groups in total. The number of nitrogens with one attached hydrogen (secondary N) is 1. The molecule has 94 valence electrons. The highest BCUT2D eigenvalue weighted by Gasteiger charge is 2.36. The van der Waals surface area contributed by atoms with Gasteiger partial charge in [-0.05, 0) is 19.8 Å². The van der Waals surface area contributed by atoms with Gasteiger partial charge < -0.3 is 4.74 Å². The van der Waals surface area contributed by atoms with E-state index in [4.69, 9.17) is 4.74 Å². The molecule has 0 aliphatic heterocycles. The summed E-state index contributed by atoms with van der Waals surface area (Å²) in [5.41, 5.74) is -0.528. The zero-order valence-electron chi connectivity index (χ0n) is 10.8. The van der Waals surface area contributed by atoms with Crippen LogP contribution in [0.1, 0.15) is 46.5 Å². The van der Waals surface area contributed by atoms with Crippen molar-refractivity contribution in [2.24, 2.45) is 0 Å². The average molecular weight is 227 g/mol. The highest BCUT2D eigenvalue weighted by Crippen LogP contribution is 2.20. The average Bonchev–Trinajstić information content (AvgIpc) is 2.30. The molecule has 0 amide bonds. The zero-order chi connectivity index (χ0) is 12.4. The number of hydrogen-bond donors (Lipinski definition) is 1. The van der Waals surface area contributed by atoms with Gasteiger partial charge in [-0.25, -0.2) is 0 Å². The van der Waals surface area contributed by atoms with Gasteiger partial charge in [0.2, 0.25) is 0 Å². The van der Waals surface area contributed by atoms with Crippen LogP contribution < -0.4 is 5.32 Å². The topological polar surface area (TPSA) is 38.3 Å². The molecule has 0 saturated carbocycles. The van der Waals surface area contributed by atoms with E-state index < -0.39 is 5.54 Å². The van der Waals surface area contributed by atoms with E-state index in [0.29, 0.717) is 13.2 Å². The Morgan fingerprint density at radius 1 is 1.44 bits per heavy atom. The summed E-state index contributed by atoms with van der Waals surface area (Å²) in [6.45, 7) is 10.7. The zero-order valence-corrected chi connectivity index (χ0v) is 10.8. The van der Waals surface area contributed by atoms with E-state index >= 15 is 0 Å². The van der Waals surface area contributed by atoms with Gasteiger partial charge in [0, 0.05) is 6.54 Å². The lowest BCUT2D eigenvalue weighted by Gasteiger charge is -2.31. The molecular formula is C13H25NO2. The number of hydrogen-bond acceptors (Lipinski definition) is 3. The lowest BCUT2D eigenvalue weighted by Crippen LogP contribution is -2.52. The van der Waals surface area contributed by atoms with E-state index in [9.17, 15) is 4.79 Å². The Morgan fingerprint density at radius 3 is 2.56 bits per heavy atom. The molecule has 0 aliphatic carbocycles. The van der Waals surface area contributed by atoms with Crippen LogP contribution in [0.15, 0.2) is 12.7 Å². The molecule has 0 aromatic rings. The van der Waals surface area contributed by atoms with Gasteiger partial charge in [0.1, 0.15) is 5.54 Å². The van der Waals surface area contributed by atoms with Crippen LogP contribution in [0.5, 0.6) is 0 Å². The second-order valence-corrected chi connectivity index (χ2v) is 3.93. The van der Waals surface area contributed by atoms with Crippen LogP contribution in [-0.4, -0.2) is 24.7 Å². The first-order valence-corrected chi connectivity index (χ1v) is 6.20. The quantitative estimate of drug-likeness (QED) is 0.486. The molecule has 1 atom stereocenters. The maximum atomic E-state index is 12.0. The van der Waals surface area contributed by atoms with Crippen LogP contribution in [0.4, 0.5) is 0 Å². The minimum atomic E-state index is -0.528. The maximum Gasteiger partial charge on any atom is 0.326 e. The second-order valence-electron chi connectivity index (χ2n) is 3.93. The maximum absolute atomic E-state index is 12.0. The third-order valence-electron chi connectivity index (χ3n) is 2.81. The summed E-state index contributed by atoms with van der Waals surface area (Å²) >= 11 is 0. The van der Waals surface area contributed by atoms with Crippen molar-refractivity contribution in [1.29, 1.82) is 0 Å². The van der Waals surface area contributed by atoms with Crippen LogP contribution in [0.3, 0.4) is 0 Å². The van der Waals surface area contributed by atoms with Gasteiger partial charge in [0.25, 0.3) is 0 Å². The SMILES string of the molecule is C=CCNC(CC)(CCCC)C(=O)OCC. The number of esters is 1. The molecular weight excluding hydrogens is 202 g/mol. The third-order valence-corrected chi connectivity index (χ3v) is 2.81. The number of unbranched alkanes of at least 4 members (excludes halogenated alkanes) is 1. The smallest absolute Gasteiger partial charge is 0.326 e. The Kier molecular flexibility index (Phi) is 7.90. The van der Waals surface area contributed by atoms with Crippen molar-refractivity contribution < 1.29 is 9.53 Å². The first-order chi connectivity index (χ1) is 7.66. The van der Waals surface area contributed by atoms with Crippen molar-refractivity contribution in [3.63, 3.8) is 0 Å². The Labute approximate surface area is 99.3 Å². The van der Waals surface area contributed by atoms with E-state index in [1.807, 2.05) is 13.8 Å². The monoisotopic (exact) mass is 227 g/mol. The molecule has 1 unspecified atom stereocenters. The summed E-state index contributed by atoms with van der Waals surface area (Å²) in [7, 11) is 0.